The van der Waals surface area contributed by atoms with E-state index in [0.717, 1.165) is 22.0 Å². The number of aliphatic carboxylic acids is 1. The molecular formula is C16H12N2O2. The van der Waals surface area contributed by atoms with Crippen molar-refractivity contribution in [1.82, 2.24) is 10.2 Å². The summed E-state index contributed by atoms with van der Waals surface area (Å²) in [5, 5.41) is 16.9. The molecule has 1 aromatic heterocycles. The Balaban J connectivity index is 2.16. The second-order valence-corrected chi connectivity index (χ2v) is 4.43. The summed E-state index contributed by atoms with van der Waals surface area (Å²) in [6, 6.07) is 15.2. The van der Waals surface area contributed by atoms with Gasteiger partial charge in [0, 0.05) is 11.5 Å². The molecule has 1 heterocycles. The molecule has 0 aliphatic rings. The fourth-order valence-corrected chi connectivity index (χ4v) is 2.18. The van der Waals surface area contributed by atoms with Gasteiger partial charge in [0.25, 0.3) is 0 Å². The molecule has 0 fully saturated rings. The van der Waals surface area contributed by atoms with Gasteiger partial charge in [0.2, 0.25) is 0 Å². The summed E-state index contributed by atoms with van der Waals surface area (Å²) in [5.74, 6) is -0.962. The van der Waals surface area contributed by atoms with Crippen LogP contribution >= 0.6 is 0 Å². The van der Waals surface area contributed by atoms with E-state index in [-0.39, 0.29) is 0 Å². The lowest BCUT2D eigenvalue weighted by atomic mass is 9.96. The highest BCUT2D eigenvalue weighted by atomic mass is 16.4. The van der Waals surface area contributed by atoms with Crippen molar-refractivity contribution in [2.45, 2.75) is 0 Å². The lowest BCUT2D eigenvalue weighted by molar-refractivity contribution is -0.131. The number of aromatic amines is 1. The maximum atomic E-state index is 11.1. The summed E-state index contributed by atoms with van der Waals surface area (Å²) in [4.78, 5) is 11.1. The van der Waals surface area contributed by atoms with E-state index in [1.807, 2.05) is 48.5 Å². The number of carbonyl (C=O) groups is 1. The van der Waals surface area contributed by atoms with E-state index in [9.17, 15) is 4.79 Å². The van der Waals surface area contributed by atoms with E-state index in [4.69, 9.17) is 5.11 Å². The Morgan fingerprint density at radius 1 is 1.10 bits per heavy atom. The molecule has 2 aromatic carbocycles. The third-order valence-corrected chi connectivity index (χ3v) is 3.10. The number of nitrogens with one attached hydrogen (secondary N) is 1. The van der Waals surface area contributed by atoms with Gasteiger partial charge in [-0.25, -0.2) is 4.79 Å². The van der Waals surface area contributed by atoms with Gasteiger partial charge in [0.1, 0.15) is 0 Å². The first-order valence-electron chi connectivity index (χ1n) is 6.17. The fraction of sp³-hybridized carbons (Fsp3) is 0. The van der Waals surface area contributed by atoms with E-state index < -0.39 is 5.97 Å². The van der Waals surface area contributed by atoms with E-state index in [2.05, 4.69) is 10.2 Å². The number of carboxylic acids is 1. The maximum Gasteiger partial charge on any atom is 0.328 e. The zero-order chi connectivity index (χ0) is 13.9. The third-order valence-electron chi connectivity index (χ3n) is 3.10. The summed E-state index contributed by atoms with van der Waals surface area (Å²) < 4.78 is 0. The predicted molar refractivity (Wildman–Crippen MR) is 77.3 cm³/mol. The van der Waals surface area contributed by atoms with Crippen molar-refractivity contribution in [3.05, 3.63) is 71.9 Å². The van der Waals surface area contributed by atoms with Crippen molar-refractivity contribution in [2.75, 3.05) is 0 Å². The Labute approximate surface area is 115 Å². The molecular weight excluding hydrogens is 252 g/mol. The summed E-state index contributed by atoms with van der Waals surface area (Å²) in [6.07, 6.45) is 2.96. The minimum Gasteiger partial charge on any atom is -0.478 e. The van der Waals surface area contributed by atoms with Crippen LogP contribution in [0.3, 0.4) is 0 Å². The molecule has 0 aliphatic heterocycles. The highest BCUT2D eigenvalue weighted by Crippen LogP contribution is 2.25. The van der Waals surface area contributed by atoms with Crippen LogP contribution in [0.25, 0.3) is 16.5 Å². The molecule has 2 N–H and O–H groups in total. The smallest absolute Gasteiger partial charge is 0.328 e. The highest BCUT2D eigenvalue weighted by molar-refractivity contribution is 5.97. The Kier molecular flexibility index (Phi) is 3.05. The normalized spacial score (nSPS) is 11.7. The van der Waals surface area contributed by atoms with Gasteiger partial charge in [-0.2, -0.15) is 5.10 Å². The molecule has 0 aliphatic carbocycles. The van der Waals surface area contributed by atoms with Crippen molar-refractivity contribution in [1.29, 1.82) is 0 Å². The lowest BCUT2D eigenvalue weighted by Crippen LogP contribution is -1.94. The molecule has 4 heteroatoms. The van der Waals surface area contributed by atoms with Gasteiger partial charge in [0.05, 0.1) is 11.7 Å². The average Bonchev–Trinajstić information content (AvgIpc) is 2.93. The number of fused-ring (bicyclic) bond motifs is 1. The Hall–Kier alpha value is -2.88. The van der Waals surface area contributed by atoms with Crippen LogP contribution in [-0.4, -0.2) is 21.3 Å². The van der Waals surface area contributed by atoms with Crippen LogP contribution in [0, 0.1) is 0 Å². The minimum absolute atomic E-state index is 0.682. The molecule has 0 radical (unpaired) electrons. The van der Waals surface area contributed by atoms with E-state index >= 15 is 0 Å². The van der Waals surface area contributed by atoms with Crippen LogP contribution in [0.15, 0.2) is 60.8 Å². The lowest BCUT2D eigenvalue weighted by Gasteiger charge is -2.07. The highest BCUT2D eigenvalue weighted by Gasteiger charge is 2.08. The predicted octanol–water partition coefficient (Wildman–Crippen LogP) is 3.08. The zero-order valence-corrected chi connectivity index (χ0v) is 10.6. The number of aromatic nitrogens is 2. The summed E-state index contributed by atoms with van der Waals surface area (Å²) >= 11 is 0. The first kappa shape index (κ1) is 12.2. The number of nitrogens with zero attached hydrogens (tertiary/aromatic N) is 1. The van der Waals surface area contributed by atoms with Crippen LogP contribution in [0.4, 0.5) is 0 Å². The average molecular weight is 264 g/mol. The van der Waals surface area contributed by atoms with Gasteiger partial charge in [-0.05, 0) is 28.8 Å². The number of hydrogen-bond donors (Lipinski definition) is 2. The second-order valence-electron chi connectivity index (χ2n) is 4.43. The van der Waals surface area contributed by atoms with Crippen LogP contribution in [0.5, 0.6) is 0 Å². The SMILES string of the molecule is O=C(O)C=C(c1ccccc1)c1ccc2[nH]ncc2c1. The van der Waals surface area contributed by atoms with Crippen LogP contribution in [0.1, 0.15) is 11.1 Å². The van der Waals surface area contributed by atoms with Crippen LogP contribution in [0.2, 0.25) is 0 Å². The quantitative estimate of drug-likeness (QED) is 0.714. The van der Waals surface area contributed by atoms with Gasteiger partial charge in [-0.1, -0.05) is 36.4 Å². The van der Waals surface area contributed by atoms with Crippen LogP contribution in [-0.2, 0) is 4.79 Å². The molecule has 0 saturated heterocycles. The number of benzene rings is 2. The third kappa shape index (κ3) is 2.31. The van der Waals surface area contributed by atoms with Crippen molar-refractivity contribution in [3.63, 3.8) is 0 Å². The van der Waals surface area contributed by atoms with Crippen molar-refractivity contribution in [3.8, 4) is 0 Å². The van der Waals surface area contributed by atoms with Gasteiger partial charge < -0.3 is 5.11 Å². The van der Waals surface area contributed by atoms with Crippen molar-refractivity contribution < 1.29 is 9.90 Å². The zero-order valence-electron chi connectivity index (χ0n) is 10.6. The van der Waals surface area contributed by atoms with Crippen LogP contribution < -0.4 is 0 Å². The monoisotopic (exact) mass is 264 g/mol. The second kappa shape index (κ2) is 5.01. The molecule has 0 amide bonds. The molecule has 98 valence electrons. The first-order chi connectivity index (χ1) is 9.74. The van der Waals surface area contributed by atoms with Gasteiger partial charge >= 0.3 is 5.97 Å². The fourth-order valence-electron chi connectivity index (χ4n) is 2.18. The maximum absolute atomic E-state index is 11.1. The molecule has 0 unspecified atom stereocenters. The number of H-pyrrole nitrogens is 1. The van der Waals surface area contributed by atoms with Gasteiger partial charge in [-0.15, -0.1) is 0 Å². The Morgan fingerprint density at radius 2 is 1.90 bits per heavy atom. The molecule has 3 aromatic rings. The topological polar surface area (TPSA) is 66.0 Å². The standard InChI is InChI=1S/C16H12N2O2/c19-16(20)9-14(11-4-2-1-3-5-11)12-6-7-15-13(8-12)10-17-18-15/h1-10H,(H,17,18)(H,19,20). The first-order valence-corrected chi connectivity index (χ1v) is 6.17. The number of carboxylic acid groups (broad SMARTS) is 1. The van der Waals surface area contributed by atoms with Crippen molar-refractivity contribution >= 4 is 22.4 Å². The van der Waals surface area contributed by atoms with E-state index in [1.54, 1.807) is 6.20 Å². The summed E-state index contributed by atoms with van der Waals surface area (Å²) in [7, 11) is 0. The largest absolute Gasteiger partial charge is 0.478 e. The number of hydrogen-bond acceptors (Lipinski definition) is 2. The Bertz CT molecular complexity index is 788. The summed E-state index contributed by atoms with van der Waals surface area (Å²) in [5.41, 5.74) is 3.34. The molecule has 3 rings (SSSR count). The van der Waals surface area contributed by atoms with Gasteiger partial charge in [-0.3, -0.25) is 5.10 Å². The number of rotatable bonds is 3. The Morgan fingerprint density at radius 3 is 2.65 bits per heavy atom. The molecule has 4 nitrogen and oxygen atoms in total. The molecule has 0 atom stereocenters. The minimum atomic E-state index is -0.962. The van der Waals surface area contributed by atoms with Crippen molar-refractivity contribution in [2.24, 2.45) is 0 Å². The molecule has 20 heavy (non-hydrogen) atoms. The van der Waals surface area contributed by atoms with E-state index in [0.29, 0.717) is 5.57 Å². The molecule has 0 bridgehead atoms. The van der Waals surface area contributed by atoms with Gasteiger partial charge in [0.15, 0.2) is 0 Å². The molecule has 0 spiro atoms. The molecule has 0 saturated carbocycles. The van der Waals surface area contributed by atoms with E-state index in [1.165, 1.54) is 6.08 Å². The summed E-state index contributed by atoms with van der Waals surface area (Å²) in [6.45, 7) is 0.